The molecule has 22 heavy (non-hydrogen) atoms. The lowest BCUT2D eigenvalue weighted by atomic mass is 10.2. The molecular formula is C16H16N2O3S. The molecule has 0 aliphatic carbocycles. The standard InChI is InChI=1S/C16H16N2O3S/c1-2-12-21-16-11-7-6-8-14(16)13-17-18-22(19,20)15-9-4-3-5-10-15/h2-11,13,18H,1,12H2. The van der Waals surface area contributed by atoms with Crippen molar-refractivity contribution in [1.29, 1.82) is 0 Å². The van der Waals surface area contributed by atoms with E-state index in [-0.39, 0.29) is 4.90 Å². The van der Waals surface area contributed by atoms with Gasteiger partial charge in [0.25, 0.3) is 10.0 Å². The molecule has 2 rings (SSSR count). The molecule has 5 nitrogen and oxygen atoms in total. The maximum Gasteiger partial charge on any atom is 0.276 e. The van der Waals surface area contributed by atoms with Gasteiger partial charge >= 0.3 is 0 Å². The molecule has 0 heterocycles. The third-order valence-electron chi connectivity index (χ3n) is 2.71. The first-order chi connectivity index (χ1) is 10.6. The average molecular weight is 316 g/mol. The highest BCUT2D eigenvalue weighted by molar-refractivity contribution is 7.89. The fourth-order valence-corrected chi connectivity index (χ4v) is 2.50. The first-order valence-corrected chi connectivity index (χ1v) is 8.04. The van der Waals surface area contributed by atoms with Gasteiger partial charge in [0.1, 0.15) is 12.4 Å². The monoisotopic (exact) mass is 316 g/mol. The Balaban J connectivity index is 2.11. The van der Waals surface area contributed by atoms with Crippen molar-refractivity contribution in [3.05, 3.63) is 72.8 Å². The van der Waals surface area contributed by atoms with Gasteiger partial charge in [0.2, 0.25) is 0 Å². The molecule has 0 aliphatic rings. The van der Waals surface area contributed by atoms with Gasteiger partial charge in [-0.05, 0) is 24.3 Å². The molecular weight excluding hydrogens is 300 g/mol. The second-order valence-electron chi connectivity index (χ2n) is 4.30. The van der Waals surface area contributed by atoms with Crippen LogP contribution in [0.25, 0.3) is 0 Å². The second kappa shape index (κ2) is 7.42. The Kier molecular flexibility index (Phi) is 5.32. The zero-order valence-corrected chi connectivity index (χ0v) is 12.7. The molecule has 0 saturated heterocycles. The molecule has 0 amide bonds. The summed E-state index contributed by atoms with van der Waals surface area (Å²) < 4.78 is 29.5. The molecule has 0 aromatic heterocycles. The first-order valence-electron chi connectivity index (χ1n) is 6.56. The van der Waals surface area contributed by atoms with Gasteiger partial charge in [-0.3, -0.25) is 0 Å². The van der Waals surface area contributed by atoms with Crippen molar-refractivity contribution in [3.8, 4) is 5.75 Å². The minimum atomic E-state index is -3.67. The van der Waals surface area contributed by atoms with Crippen molar-refractivity contribution in [2.24, 2.45) is 5.10 Å². The summed E-state index contributed by atoms with van der Waals surface area (Å²) in [6.07, 6.45) is 3.03. The highest BCUT2D eigenvalue weighted by Gasteiger charge is 2.11. The summed E-state index contributed by atoms with van der Waals surface area (Å²) in [5, 5.41) is 3.79. The highest BCUT2D eigenvalue weighted by atomic mass is 32.2. The fraction of sp³-hybridized carbons (Fsp3) is 0.0625. The Hall–Kier alpha value is -2.60. The van der Waals surface area contributed by atoms with Crippen LogP contribution in [0.15, 0.2) is 77.2 Å². The number of nitrogens with one attached hydrogen (secondary N) is 1. The van der Waals surface area contributed by atoms with Gasteiger partial charge in [-0.15, -0.1) is 0 Å². The van der Waals surface area contributed by atoms with Gasteiger partial charge < -0.3 is 4.74 Å². The van der Waals surface area contributed by atoms with Gasteiger partial charge in [-0.2, -0.15) is 13.5 Å². The number of benzene rings is 2. The van der Waals surface area contributed by atoms with Gasteiger partial charge in [0.15, 0.2) is 0 Å². The van der Waals surface area contributed by atoms with E-state index < -0.39 is 10.0 Å². The van der Waals surface area contributed by atoms with Crippen LogP contribution in [0.5, 0.6) is 5.75 Å². The topological polar surface area (TPSA) is 67.8 Å². The molecule has 1 N–H and O–H groups in total. The Morgan fingerprint density at radius 3 is 2.50 bits per heavy atom. The van der Waals surface area contributed by atoms with Crippen LogP contribution < -0.4 is 9.57 Å². The molecule has 0 saturated carbocycles. The molecule has 0 spiro atoms. The van der Waals surface area contributed by atoms with E-state index in [1.54, 1.807) is 36.4 Å². The highest BCUT2D eigenvalue weighted by Crippen LogP contribution is 2.15. The molecule has 0 unspecified atom stereocenters. The minimum Gasteiger partial charge on any atom is -0.489 e. The van der Waals surface area contributed by atoms with E-state index in [0.29, 0.717) is 17.9 Å². The number of sulfonamides is 1. The second-order valence-corrected chi connectivity index (χ2v) is 5.96. The van der Waals surface area contributed by atoms with E-state index in [1.165, 1.54) is 18.3 Å². The largest absolute Gasteiger partial charge is 0.489 e. The molecule has 6 heteroatoms. The van der Waals surface area contributed by atoms with Crippen LogP contribution in [0.2, 0.25) is 0 Å². The molecule has 0 radical (unpaired) electrons. The lowest BCUT2D eigenvalue weighted by molar-refractivity contribution is 0.362. The summed E-state index contributed by atoms with van der Waals surface area (Å²) in [4.78, 5) is 2.33. The summed E-state index contributed by atoms with van der Waals surface area (Å²) in [7, 11) is -3.67. The van der Waals surface area contributed by atoms with E-state index in [2.05, 4.69) is 16.5 Å². The number of para-hydroxylation sites is 1. The number of rotatable bonds is 7. The normalized spacial score (nSPS) is 11.3. The molecule has 2 aromatic carbocycles. The van der Waals surface area contributed by atoms with Crippen molar-refractivity contribution < 1.29 is 13.2 Å². The summed E-state index contributed by atoms with van der Waals surface area (Å²) in [5.41, 5.74) is 0.667. The third kappa shape index (κ3) is 4.20. The van der Waals surface area contributed by atoms with Gasteiger partial charge in [-0.1, -0.05) is 43.0 Å². The zero-order valence-electron chi connectivity index (χ0n) is 11.8. The van der Waals surface area contributed by atoms with Gasteiger partial charge in [0.05, 0.1) is 11.1 Å². The number of hydrogen-bond acceptors (Lipinski definition) is 4. The van der Waals surface area contributed by atoms with Gasteiger partial charge in [-0.25, -0.2) is 4.83 Å². The van der Waals surface area contributed by atoms with Crippen molar-refractivity contribution >= 4 is 16.2 Å². The van der Waals surface area contributed by atoms with Gasteiger partial charge in [0, 0.05) is 5.56 Å². The van der Waals surface area contributed by atoms with Crippen molar-refractivity contribution in [1.82, 2.24) is 4.83 Å². The molecule has 114 valence electrons. The van der Waals surface area contributed by atoms with Crippen LogP contribution >= 0.6 is 0 Å². The SMILES string of the molecule is C=CCOc1ccccc1C=NNS(=O)(=O)c1ccccc1. The number of ether oxygens (including phenoxy) is 1. The van der Waals surface area contributed by atoms with E-state index >= 15 is 0 Å². The van der Waals surface area contributed by atoms with E-state index in [0.717, 1.165) is 0 Å². The Morgan fingerprint density at radius 2 is 1.77 bits per heavy atom. The van der Waals surface area contributed by atoms with Crippen molar-refractivity contribution in [3.63, 3.8) is 0 Å². The summed E-state index contributed by atoms with van der Waals surface area (Å²) in [6, 6.07) is 15.2. The number of hydrazone groups is 1. The van der Waals surface area contributed by atoms with Crippen LogP contribution in [-0.2, 0) is 10.0 Å². The molecule has 0 fully saturated rings. The van der Waals surface area contributed by atoms with Crippen LogP contribution in [0.1, 0.15) is 5.56 Å². The first kappa shape index (κ1) is 15.8. The third-order valence-corrected chi connectivity index (χ3v) is 3.94. The smallest absolute Gasteiger partial charge is 0.276 e. The lowest BCUT2D eigenvalue weighted by Crippen LogP contribution is -2.18. The fourth-order valence-electron chi connectivity index (χ4n) is 1.68. The predicted molar refractivity (Wildman–Crippen MR) is 86.5 cm³/mol. The Morgan fingerprint density at radius 1 is 1.09 bits per heavy atom. The zero-order chi connectivity index (χ0) is 15.8. The predicted octanol–water partition coefficient (Wildman–Crippen LogP) is 2.56. The van der Waals surface area contributed by atoms with Crippen molar-refractivity contribution in [2.45, 2.75) is 4.90 Å². The number of nitrogens with zero attached hydrogens (tertiary/aromatic N) is 1. The molecule has 0 atom stereocenters. The van der Waals surface area contributed by atoms with Crippen LogP contribution in [-0.4, -0.2) is 21.2 Å². The maximum atomic E-state index is 12.0. The summed E-state index contributed by atoms with van der Waals surface area (Å²) in [5.74, 6) is 0.602. The summed E-state index contributed by atoms with van der Waals surface area (Å²) in [6.45, 7) is 3.94. The quantitative estimate of drug-likeness (QED) is 0.485. The molecule has 0 bridgehead atoms. The average Bonchev–Trinajstić information content (AvgIpc) is 2.54. The Bertz CT molecular complexity index is 756. The van der Waals surface area contributed by atoms with E-state index in [9.17, 15) is 8.42 Å². The van der Waals surface area contributed by atoms with E-state index in [1.807, 2.05) is 12.1 Å². The number of hydrogen-bond donors (Lipinski definition) is 1. The molecule has 2 aromatic rings. The Labute approximate surface area is 130 Å². The lowest BCUT2D eigenvalue weighted by Gasteiger charge is -2.06. The maximum absolute atomic E-state index is 12.0. The van der Waals surface area contributed by atoms with Crippen LogP contribution in [0, 0.1) is 0 Å². The van der Waals surface area contributed by atoms with Crippen LogP contribution in [0.3, 0.4) is 0 Å². The summed E-state index contributed by atoms with van der Waals surface area (Å²) >= 11 is 0. The van der Waals surface area contributed by atoms with Crippen LogP contribution in [0.4, 0.5) is 0 Å². The minimum absolute atomic E-state index is 0.156. The molecule has 0 aliphatic heterocycles. The van der Waals surface area contributed by atoms with E-state index in [4.69, 9.17) is 4.74 Å². The van der Waals surface area contributed by atoms with Crippen molar-refractivity contribution in [2.75, 3.05) is 6.61 Å².